The molecule has 2 amide bonds. The minimum absolute atomic E-state index is 0.162. The predicted molar refractivity (Wildman–Crippen MR) is 114 cm³/mol. The summed E-state index contributed by atoms with van der Waals surface area (Å²) in [5.41, 5.74) is 3.85. The van der Waals surface area contributed by atoms with Crippen molar-refractivity contribution in [2.45, 2.75) is 72.1 Å². The van der Waals surface area contributed by atoms with Gasteiger partial charge in [-0.15, -0.1) is 0 Å². The standard InChI is InChI=1S/C23H34N2O4/c1-16-12-17(2)23(18(3)13-16)25-20(26)14-24-21(27)15-29-22(28)11-7-10-19-8-5-4-6-9-19/h12-13,19H,4-11,14-15H2,1-3H3,(H,24,27)(H,25,26). The smallest absolute Gasteiger partial charge is 0.306 e. The largest absolute Gasteiger partial charge is 0.456 e. The highest BCUT2D eigenvalue weighted by atomic mass is 16.5. The lowest BCUT2D eigenvalue weighted by atomic mass is 9.86. The molecule has 1 aromatic rings. The molecule has 0 bridgehead atoms. The molecular weight excluding hydrogens is 368 g/mol. The van der Waals surface area contributed by atoms with E-state index in [1.54, 1.807) is 0 Å². The number of hydrogen-bond donors (Lipinski definition) is 2. The zero-order chi connectivity index (χ0) is 21.2. The highest BCUT2D eigenvalue weighted by molar-refractivity contribution is 5.96. The Hall–Kier alpha value is -2.37. The molecule has 29 heavy (non-hydrogen) atoms. The molecule has 1 fully saturated rings. The van der Waals surface area contributed by atoms with Crippen molar-refractivity contribution in [1.82, 2.24) is 5.32 Å². The summed E-state index contributed by atoms with van der Waals surface area (Å²) >= 11 is 0. The van der Waals surface area contributed by atoms with Crippen molar-refractivity contribution in [2.24, 2.45) is 5.92 Å². The van der Waals surface area contributed by atoms with Gasteiger partial charge in [-0.3, -0.25) is 14.4 Å². The highest BCUT2D eigenvalue weighted by Crippen LogP contribution is 2.27. The molecule has 0 heterocycles. The highest BCUT2D eigenvalue weighted by Gasteiger charge is 2.15. The third-order valence-corrected chi connectivity index (χ3v) is 5.47. The van der Waals surface area contributed by atoms with E-state index in [1.807, 2.05) is 32.9 Å². The predicted octanol–water partition coefficient (Wildman–Crippen LogP) is 3.96. The first-order valence-electron chi connectivity index (χ1n) is 10.6. The quantitative estimate of drug-likeness (QED) is 0.612. The third-order valence-electron chi connectivity index (χ3n) is 5.47. The molecule has 0 atom stereocenters. The van der Waals surface area contributed by atoms with Gasteiger partial charge in [0.15, 0.2) is 6.61 Å². The zero-order valence-corrected chi connectivity index (χ0v) is 17.9. The molecule has 6 nitrogen and oxygen atoms in total. The van der Waals surface area contributed by atoms with Gasteiger partial charge in [0.1, 0.15) is 0 Å². The summed E-state index contributed by atoms with van der Waals surface area (Å²) in [7, 11) is 0. The van der Waals surface area contributed by atoms with Crippen molar-refractivity contribution >= 4 is 23.5 Å². The van der Waals surface area contributed by atoms with E-state index in [2.05, 4.69) is 10.6 Å². The molecule has 0 aliphatic heterocycles. The summed E-state index contributed by atoms with van der Waals surface area (Å²) in [5, 5.41) is 5.31. The van der Waals surface area contributed by atoms with Crippen LogP contribution in [0, 0.1) is 26.7 Å². The number of amides is 2. The van der Waals surface area contributed by atoms with Crippen LogP contribution in [0.2, 0.25) is 0 Å². The van der Waals surface area contributed by atoms with Crippen LogP contribution in [-0.2, 0) is 19.1 Å². The first-order valence-corrected chi connectivity index (χ1v) is 10.6. The number of carbonyl (C=O) groups is 3. The van der Waals surface area contributed by atoms with Crippen molar-refractivity contribution < 1.29 is 19.1 Å². The first kappa shape index (κ1) is 22.9. The monoisotopic (exact) mass is 402 g/mol. The second kappa shape index (κ2) is 11.6. The average molecular weight is 403 g/mol. The zero-order valence-electron chi connectivity index (χ0n) is 17.9. The van der Waals surface area contributed by atoms with E-state index < -0.39 is 5.91 Å². The van der Waals surface area contributed by atoms with Gasteiger partial charge < -0.3 is 15.4 Å². The molecule has 2 rings (SSSR count). The van der Waals surface area contributed by atoms with Crippen molar-refractivity contribution in [2.75, 3.05) is 18.5 Å². The third kappa shape index (κ3) is 8.26. The lowest BCUT2D eigenvalue weighted by molar-refractivity contribution is -0.148. The summed E-state index contributed by atoms with van der Waals surface area (Å²) in [6.07, 6.45) is 8.66. The Kier molecular flexibility index (Phi) is 9.16. The normalized spacial score (nSPS) is 14.3. The Morgan fingerprint density at radius 1 is 1.00 bits per heavy atom. The number of ether oxygens (including phenoxy) is 1. The van der Waals surface area contributed by atoms with Crippen molar-refractivity contribution in [1.29, 1.82) is 0 Å². The van der Waals surface area contributed by atoms with Gasteiger partial charge in [-0.1, -0.05) is 49.8 Å². The maximum atomic E-state index is 12.1. The van der Waals surface area contributed by atoms with Gasteiger partial charge in [0.2, 0.25) is 5.91 Å². The fourth-order valence-corrected chi connectivity index (χ4v) is 4.02. The molecule has 1 aliphatic carbocycles. The molecule has 2 N–H and O–H groups in total. The van der Waals surface area contributed by atoms with Crippen LogP contribution in [0.15, 0.2) is 12.1 Å². The lowest BCUT2D eigenvalue weighted by Crippen LogP contribution is -2.35. The lowest BCUT2D eigenvalue weighted by Gasteiger charge is -2.20. The van der Waals surface area contributed by atoms with E-state index in [-0.39, 0.29) is 25.0 Å². The van der Waals surface area contributed by atoms with Crippen LogP contribution in [0.3, 0.4) is 0 Å². The summed E-state index contributed by atoms with van der Waals surface area (Å²) in [6.45, 7) is 5.36. The minimum atomic E-state index is -0.474. The molecule has 0 spiro atoms. The van der Waals surface area contributed by atoms with Crippen LogP contribution >= 0.6 is 0 Å². The number of anilines is 1. The molecule has 1 aliphatic rings. The number of carbonyl (C=O) groups excluding carboxylic acids is 3. The fourth-order valence-electron chi connectivity index (χ4n) is 4.02. The van der Waals surface area contributed by atoms with E-state index in [4.69, 9.17) is 4.74 Å². The van der Waals surface area contributed by atoms with Crippen LogP contribution in [0.4, 0.5) is 5.69 Å². The summed E-state index contributed by atoms with van der Waals surface area (Å²) in [6, 6.07) is 3.99. The Morgan fingerprint density at radius 3 is 2.31 bits per heavy atom. The Morgan fingerprint density at radius 2 is 1.66 bits per heavy atom. The van der Waals surface area contributed by atoms with Gasteiger partial charge >= 0.3 is 5.97 Å². The molecular formula is C23H34N2O4. The number of esters is 1. The van der Waals surface area contributed by atoms with E-state index in [0.717, 1.165) is 41.1 Å². The molecule has 0 unspecified atom stereocenters. The van der Waals surface area contributed by atoms with Crippen LogP contribution < -0.4 is 10.6 Å². The molecule has 0 saturated heterocycles. The van der Waals surface area contributed by atoms with Crippen LogP contribution in [-0.4, -0.2) is 30.9 Å². The van der Waals surface area contributed by atoms with Crippen LogP contribution in [0.5, 0.6) is 0 Å². The van der Waals surface area contributed by atoms with Crippen LogP contribution in [0.1, 0.15) is 68.1 Å². The SMILES string of the molecule is Cc1cc(C)c(NC(=O)CNC(=O)COC(=O)CCCC2CCCCC2)c(C)c1. The average Bonchev–Trinajstić information content (AvgIpc) is 2.68. The van der Waals surface area contributed by atoms with Crippen molar-refractivity contribution in [3.63, 3.8) is 0 Å². The van der Waals surface area contributed by atoms with E-state index in [0.29, 0.717) is 6.42 Å². The second-order valence-electron chi connectivity index (χ2n) is 8.16. The van der Waals surface area contributed by atoms with Crippen molar-refractivity contribution in [3.8, 4) is 0 Å². The van der Waals surface area contributed by atoms with Gasteiger partial charge in [-0.25, -0.2) is 0 Å². The Balaban J connectivity index is 1.61. The maximum absolute atomic E-state index is 12.1. The fraction of sp³-hybridized carbons (Fsp3) is 0.609. The summed E-state index contributed by atoms with van der Waals surface area (Å²) < 4.78 is 5.01. The van der Waals surface area contributed by atoms with Crippen LogP contribution in [0.25, 0.3) is 0 Å². The number of benzene rings is 1. The molecule has 0 radical (unpaired) electrons. The van der Waals surface area contributed by atoms with Gasteiger partial charge in [0, 0.05) is 12.1 Å². The minimum Gasteiger partial charge on any atom is -0.456 e. The van der Waals surface area contributed by atoms with Gasteiger partial charge in [0.05, 0.1) is 6.54 Å². The van der Waals surface area contributed by atoms with E-state index >= 15 is 0 Å². The number of rotatable bonds is 9. The Bertz CT molecular complexity index is 701. The van der Waals surface area contributed by atoms with Gasteiger partial charge in [-0.05, 0) is 50.7 Å². The molecule has 6 heteroatoms. The molecule has 1 aromatic carbocycles. The number of nitrogens with one attached hydrogen (secondary N) is 2. The van der Waals surface area contributed by atoms with Crippen molar-refractivity contribution in [3.05, 3.63) is 28.8 Å². The first-order chi connectivity index (χ1) is 13.8. The van der Waals surface area contributed by atoms with E-state index in [9.17, 15) is 14.4 Å². The summed E-state index contributed by atoms with van der Waals surface area (Å²) in [5.74, 6) is -0.407. The van der Waals surface area contributed by atoms with E-state index in [1.165, 1.54) is 32.1 Å². The Labute approximate surface area is 173 Å². The molecule has 160 valence electrons. The molecule has 0 aromatic heterocycles. The summed E-state index contributed by atoms with van der Waals surface area (Å²) in [4.78, 5) is 35.7. The number of aryl methyl sites for hydroxylation is 3. The second-order valence-corrected chi connectivity index (χ2v) is 8.16. The van der Waals surface area contributed by atoms with Gasteiger partial charge in [0.25, 0.3) is 5.91 Å². The number of hydrogen-bond acceptors (Lipinski definition) is 4. The molecule has 1 saturated carbocycles. The maximum Gasteiger partial charge on any atom is 0.306 e. The van der Waals surface area contributed by atoms with Gasteiger partial charge in [-0.2, -0.15) is 0 Å². The topological polar surface area (TPSA) is 84.5 Å².